The molecule has 1 heterocycles. The molecule has 0 fully saturated rings. The van der Waals surface area contributed by atoms with Crippen molar-refractivity contribution in [2.24, 2.45) is 11.5 Å². The van der Waals surface area contributed by atoms with E-state index in [1.165, 1.54) is 12.1 Å². The number of unbranched alkanes of at least 4 members (excludes halogenated alkanes) is 1. The summed E-state index contributed by atoms with van der Waals surface area (Å²) in [5.74, 6) is -2.95. The van der Waals surface area contributed by atoms with Crippen LogP contribution in [0.15, 0.2) is 54.7 Å². The summed E-state index contributed by atoms with van der Waals surface area (Å²) in [6, 6.07) is 10.6. The number of H-pyrrole nitrogens is 1. The first-order chi connectivity index (χ1) is 19.2. The van der Waals surface area contributed by atoms with Crippen molar-refractivity contribution in [3.05, 3.63) is 65.9 Å². The van der Waals surface area contributed by atoms with Crippen LogP contribution in [0.5, 0.6) is 5.75 Å². The van der Waals surface area contributed by atoms with Gasteiger partial charge in [0.15, 0.2) is 0 Å². The number of amides is 3. The van der Waals surface area contributed by atoms with E-state index in [0.29, 0.717) is 19.4 Å². The Bertz CT molecular complexity index is 1310. The minimum absolute atomic E-state index is 0.0894. The summed E-state index contributed by atoms with van der Waals surface area (Å²) in [7, 11) is 0. The summed E-state index contributed by atoms with van der Waals surface area (Å²) >= 11 is 0. The van der Waals surface area contributed by atoms with Crippen LogP contribution in [0.3, 0.4) is 0 Å². The molecule has 0 aliphatic rings. The number of nitrogens with one attached hydrogen (secondary N) is 4. The second-order valence-electron chi connectivity index (χ2n) is 9.56. The van der Waals surface area contributed by atoms with E-state index in [-0.39, 0.29) is 25.0 Å². The van der Waals surface area contributed by atoms with Gasteiger partial charge in [-0.05, 0) is 61.6 Å². The van der Waals surface area contributed by atoms with Crippen molar-refractivity contribution < 1.29 is 29.4 Å². The number of aromatic nitrogens is 1. The fourth-order valence-electron chi connectivity index (χ4n) is 4.27. The van der Waals surface area contributed by atoms with Crippen molar-refractivity contribution in [2.45, 2.75) is 50.2 Å². The zero-order valence-electron chi connectivity index (χ0n) is 22.1. The maximum absolute atomic E-state index is 13.2. The molecule has 0 aliphatic heterocycles. The summed E-state index contributed by atoms with van der Waals surface area (Å²) in [6.07, 6.45) is 3.41. The van der Waals surface area contributed by atoms with E-state index in [9.17, 15) is 29.4 Å². The van der Waals surface area contributed by atoms with Gasteiger partial charge in [-0.25, -0.2) is 4.79 Å². The Hall–Kier alpha value is -4.42. The number of aliphatic carboxylic acids is 1. The standard InChI is InChI=1S/C28H36N6O6/c29-12-4-3-7-23(28(39)40)33-25(36)16-32-27(38)24(14-18-15-31-22-6-2-1-5-20(18)22)34-26(37)21(30)13-17-8-10-19(35)11-9-17/h1-2,5-6,8-11,15,21,23-24,31,35H,3-4,7,12-14,16,29-30H2,(H,32,38)(H,33,36)(H,34,37)(H,39,40). The number of phenolic OH excluding ortho intramolecular Hbond substituents is 1. The third kappa shape index (κ3) is 8.82. The summed E-state index contributed by atoms with van der Waals surface area (Å²) in [5.41, 5.74) is 13.9. The molecule has 0 aliphatic carbocycles. The number of aromatic hydroxyl groups is 1. The number of carboxylic acid groups (broad SMARTS) is 1. The van der Waals surface area contributed by atoms with Crippen molar-refractivity contribution in [3.63, 3.8) is 0 Å². The first-order valence-electron chi connectivity index (χ1n) is 13.1. The quantitative estimate of drug-likeness (QED) is 0.122. The van der Waals surface area contributed by atoms with Crippen molar-refractivity contribution in [1.82, 2.24) is 20.9 Å². The number of carboxylic acids is 1. The second kappa shape index (κ2) is 14.7. The average molecular weight is 553 g/mol. The van der Waals surface area contributed by atoms with Gasteiger partial charge in [0.25, 0.3) is 0 Å². The van der Waals surface area contributed by atoms with Crippen molar-refractivity contribution in [1.29, 1.82) is 0 Å². The lowest BCUT2D eigenvalue weighted by molar-refractivity contribution is -0.142. The van der Waals surface area contributed by atoms with Crippen LogP contribution in [0.4, 0.5) is 0 Å². The number of aromatic amines is 1. The molecule has 3 aromatic rings. The number of nitrogens with two attached hydrogens (primary N) is 2. The molecule has 2 aromatic carbocycles. The van der Waals surface area contributed by atoms with Gasteiger partial charge in [0.2, 0.25) is 17.7 Å². The molecule has 0 spiro atoms. The summed E-state index contributed by atoms with van der Waals surface area (Å²) in [6.45, 7) is -0.0577. The smallest absolute Gasteiger partial charge is 0.326 e. The molecule has 0 saturated carbocycles. The van der Waals surface area contributed by atoms with Gasteiger partial charge >= 0.3 is 5.97 Å². The molecule has 0 radical (unpaired) electrons. The summed E-state index contributed by atoms with van der Waals surface area (Å²) in [5, 5.41) is 27.3. The van der Waals surface area contributed by atoms with E-state index in [1.54, 1.807) is 18.3 Å². The Morgan fingerprint density at radius 1 is 0.900 bits per heavy atom. The van der Waals surface area contributed by atoms with Crippen molar-refractivity contribution in [2.75, 3.05) is 13.1 Å². The van der Waals surface area contributed by atoms with Gasteiger partial charge in [-0.2, -0.15) is 0 Å². The Kier molecular flexibility index (Phi) is 11.0. The molecule has 3 atom stereocenters. The highest BCUT2D eigenvalue weighted by Crippen LogP contribution is 2.19. The van der Waals surface area contributed by atoms with Gasteiger partial charge in [0.1, 0.15) is 17.8 Å². The van der Waals surface area contributed by atoms with E-state index < -0.39 is 48.4 Å². The highest BCUT2D eigenvalue weighted by atomic mass is 16.4. The minimum Gasteiger partial charge on any atom is -0.508 e. The summed E-state index contributed by atoms with van der Waals surface area (Å²) in [4.78, 5) is 53.2. The molecule has 10 N–H and O–H groups in total. The second-order valence-corrected chi connectivity index (χ2v) is 9.56. The first-order valence-corrected chi connectivity index (χ1v) is 13.1. The van der Waals surface area contributed by atoms with Crippen LogP contribution < -0.4 is 27.4 Å². The van der Waals surface area contributed by atoms with E-state index in [0.717, 1.165) is 22.0 Å². The van der Waals surface area contributed by atoms with Crippen LogP contribution in [0.1, 0.15) is 30.4 Å². The Balaban J connectivity index is 1.67. The normalized spacial score (nSPS) is 13.2. The molecule has 40 heavy (non-hydrogen) atoms. The van der Waals surface area contributed by atoms with Gasteiger partial charge in [0, 0.05) is 23.5 Å². The van der Waals surface area contributed by atoms with Crippen LogP contribution in [-0.4, -0.2) is 70.1 Å². The molecular weight excluding hydrogens is 516 g/mol. The molecule has 12 nitrogen and oxygen atoms in total. The van der Waals surface area contributed by atoms with E-state index in [1.807, 2.05) is 24.3 Å². The highest BCUT2D eigenvalue weighted by Gasteiger charge is 2.26. The Labute approximate surface area is 231 Å². The number of carbonyl (C=O) groups excluding carboxylic acids is 3. The average Bonchev–Trinajstić information content (AvgIpc) is 3.34. The van der Waals surface area contributed by atoms with Crippen LogP contribution in [0.25, 0.3) is 10.9 Å². The number of benzene rings is 2. The summed E-state index contributed by atoms with van der Waals surface area (Å²) < 4.78 is 0. The minimum atomic E-state index is -1.18. The zero-order valence-corrected chi connectivity index (χ0v) is 22.1. The van der Waals surface area contributed by atoms with Gasteiger partial charge in [-0.15, -0.1) is 0 Å². The molecule has 0 saturated heterocycles. The maximum Gasteiger partial charge on any atom is 0.326 e. The predicted octanol–water partition coefficient (Wildman–Crippen LogP) is 0.285. The van der Waals surface area contributed by atoms with Crippen LogP contribution in [0.2, 0.25) is 0 Å². The largest absolute Gasteiger partial charge is 0.508 e. The van der Waals surface area contributed by atoms with E-state index in [4.69, 9.17) is 11.5 Å². The molecule has 1 aromatic heterocycles. The van der Waals surface area contributed by atoms with Crippen LogP contribution in [-0.2, 0) is 32.0 Å². The van der Waals surface area contributed by atoms with Crippen molar-refractivity contribution >= 4 is 34.6 Å². The fraction of sp³-hybridized carbons (Fsp3) is 0.357. The lowest BCUT2D eigenvalue weighted by Crippen LogP contribution is -2.54. The molecule has 3 unspecified atom stereocenters. The number of hydrogen-bond donors (Lipinski definition) is 8. The molecular formula is C28H36N6O6. The van der Waals surface area contributed by atoms with E-state index >= 15 is 0 Å². The monoisotopic (exact) mass is 552 g/mol. The third-order valence-electron chi connectivity index (χ3n) is 6.46. The topological polar surface area (TPSA) is 213 Å². The molecule has 12 heteroatoms. The lowest BCUT2D eigenvalue weighted by atomic mass is 10.0. The fourth-order valence-corrected chi connectivity index (χ4v) is 4.27. The molecule has 0 bridgehead atoms. The van der Waals surface area contributed by atoms with Gasteiger partial charge < -0.3 is 42.6 Å². The van der Waals surface area contributed by atoms with Crippen LogP contribution in [0, 0.1) is 0 Å². The van der Waals surface area contributed by atoms with Gasteiger partial charge in [-0.1, -0.05) is 30.3 Å². The maximum atomic E-state index is 13.2. The Morgan fingerprint density at radius 2 is 1.62 bits per heavy atom. The first kappa shape index (κ1) is 30.1. The lowest BCUT2D eigenvalue weighted by Gasteiger charge is -2.21. The van der Waals surface area contributed by atoms with Gasteiger partial charge in [-0.3, -0.25) is 14.4 Å². The number of hydrogen-bond acceptors (Lipinski definition) is 7. The molecule has 214 valence electrons. The SMILES string of the molecule is NCCCCC(NC(=O)CNC(=O)C(Cc1c[nH]c2ccccc12)NC(=O)C(N)Cc1ccc(O)cc1)C(=O)O. The molecule has 3 amide bonds. The molecule has 3 rings (SSSR count). The van der Waals surface area contributed by atoms with Crippen LogP contribution >= 0.6 is 0 Å². The number of carbonyl (C=O) groups is 4. The van der Waals surface area contributed by atoms with Crippen molar-refractivity contribution in [3.8, 4) is 5.75 Å². The third-order valence-corrected chi connectivity index (χ3v) is 6.46. The zero-order chi connectivity index (χ0) is 29.1. The number of rotatable bonds is 15. The predicted molar refractivity (Wildman–Crippen MR) is 149 cm³/mol. The van der Waals surface area contributed by atoms with Gasteiger partial charge in [0.05, 0.1) is 12.6 Å². The number of phenols is 1. The number of para-hydroxylation sites is 1. The van der Waals surface area contributed by atoms with E-state index in [2.05, 4.69) is 20.9 Å². The number of fused-ring (bicyclic) bond motifs is 1. The Morgan fingerprint density at radius 3 is 2.33 bits per heavy atom. The highest BCUT2D eigenvalue weighted by molar-refractivity contribution is 5.93.